The van der Waals surface area contributed by atoms with Gasteiger partial charge in [-0.15, -0.1) is 0 Å². The Morgan fingerprint density at radius 3 is 2.33 bits per heavy atom. The predicted octanol–water partition coefficient (Wildman–Crippen LogP) is 3.36. The van der Waals surface area contributed by atoms with Crippen molar-refractivity contribution in [3.8, 4) is 0 Å². The zero-order chi connectivity index (χ0) is 19.9. The summed E-state index contributed by atoms with van der Waals surface area (Å²) in [6, 6.07) is 5.39. The number of alkyl halides is 3. The van der Waals surface area contributed by atoms with E-state index in [2.05, 4.69) is 9.80 Å². The molecule has 150 valence electrons. The quantitative estimate of drug-likeness (QED) is 0.848. The summed E-state index contributed by atoms with van der Waals surface area (Å²) >= 11 is 0. The third-order valence-corrected chi connectivity index (χ3v) is 6.26. The van der Waals surface area contributed by atoms with Gasteiger partial charge in [0.1, 0.15) is 0 Å². The third-order valence-electron chi connectivity index (χ3n) is 6.26. The molecule has 2 N–H and O–H groups in total. The van der Waals surface area contributed by atoms with Gasteiger partial charge in [0.2, 0.25) is 5.91 Å². The molecular weight excluding hydrogens is 355 g/mol. The van der Waals surface area contributed by atoms with Crippen LogP contribution in [0.15, 0.2) is 24.3 Å². The molecule has 7 heteroatoms. The van der Waals surface area contributed by atoms with Gasteiger partial charge >= 0.3 is 6.18 Å². The van der Waals surface area contributed by atoms with Crippen LogP contribution in [0.2, 0.25) is 0 Å². The van der Waals surface area contributed by atoms with Crippen LogP contribution in [0.25, 0.3) is 0 Å². The zero-order valence-corrected chi connectivity index (χ0v) is 16.0. The largest absolute Gasteiger partial charge is 0.416 e. The number of anilines is 1. The lowest BCUT2D eigenvalue weighted by Gasteiger charge is -2.36. The first kappa shape index (κ1) is 20.0. The third kappa shape index (κ3) is 3.93. The molecule has 0 unspecified atom stereocenters. The summed E-state index contributed by atoms with van der Waals surface area (Å²) in [4.78, 5) is 16.2. The summed E-state index contributed by atoms with van der Waals surface area (Å²) in [5, 5.41) is 0. The van der Waals surface area contributed by atoms with E-state index in [4.69, 9.17) is 5.73 Å². The molecule has 0 spiro atoms. The van der Waals surface area contributed by atoms with E-state index in [1.54, 1.807) is 12.1 Å². The standard InChI is InChI=1S/C20H28F3N3O/c1-12(2)18(19(24)27)25(3)17-9-4-13-10-26(11-16(13)17)15-7-5-14(6-8-15)20(21,22)23/h5-8,12-13,16-18H,4,9-11H2,1-3H3,(H2,24,27)/t13-,16+,17+,18+/m1/s1. The zero-order valence-electron chi connectivity index (χ0n) is 16.0. The number of halogens is 3. The normalized spacial score (nSPS) is 26.7. The fourth-order valence-corrected chi connectivity index (χ4v) is 5.02. The average Bonchev–Trinajstić information content (AvgIpc) is 3.13. The number of rotatable bonds is 5. The van der Waals surface area contributed by atoms with Gasteiger partial charge < -0.3 is 10.6 Å². The topological polar surface area (TPSA) is 49.6 Å². The number of primary amides is 1. The smallest absolute Gasteiger partial charge is 0.371 e. The fraction of sp³-hybridized carbons (Fsp3) is 0.650. The number of fused-ring (bicyclic) bond motifs is 1. The highest BCUT2D eigenvalue weighted by Crippen LogP contribution is 2.43. The number of carbonyl (C=O) groups is 1. The van der Waals surface area contributed by atoms with E-state index in [0.717, 1.165) is 43.8 Å². The molecule has 1 saturated carbocycles. The molecule has 0 radical (unpaired) electrons. The molecule has 3 rings (SSSR count). The van der Waals surface area contributed by atoms with Crippen LogP contribution in [0.4, 0.5) is 18.9 Å². The fourth-order valence-electron chi connectivity index (χ4n) is 5.02. The van der Waals surface area contributed by atoms with Gasteiger partial charge in [-0.25, -0.2) is 0 Å². The van der Waals surface area contributed by atoms with Crippen LogP contribution in [0, 0.1) is 17.8 Å². The molecule has 4 atom stereocenters. The Hall–Kier alpha value is -1.76. The molecule has 1 aromatic rings. The second-order valence-electron chi connectivity index (χ2n) is 8.27. The van der Waals surface area contributed by atoms with Gasteiger partial charge in [-0.3, -0.25) is 9.69 Å². The van der Waals surface area contributed by atoms with Crippen LogP contribution in [0.3, 0.4) is 0 Å². The van der Waals surface area contributed by atoms with Gasteiger partial charge in [0.05, 0.1) is 11.6 Å². The maximum Gasteiger partial charge on any atom is 0.416 e. The van der Waals surface area contributed by atoms with Crippen molar-refractivity contribution >= 4 is 11.6 Å². The van der Waals surface area contributed by atoms with Crippen molar-refractivity contribution in [1.82, 2.24) is 4.90 Å². The number of likely N-dealkylation sites (N-methyl/N-ethyl adjacent to an activating group) is 1. The Bertz CT molecular complexity index is 674. The van der Waals surface area contributed by atoms with Crippen LogP contribution in [-0.2, 0) is 11.0 Å². The minimum atomic E-state index is -4.31. The van der Waals surface area contributed by atoms with Gasteiger partial charge in [-0.1, -0.05) is 13.8 Å². The summed E-state index contributed by atoms with van der Waals surface area (Å²) < 4.78 is 38.3. The lowest BCUT2D eigenvalue weighted by atomic mass is 9.93. The highest BCUT2D eigenvalue weighted by atomic mass is 19.4. The maximum absolute atomic E-state index is 12.8. The first-order valence-electron chi connectivity index (χ1n) is 9.53. The Balaban J connectivity index is 1.72. The number of nitrogens with zero attached hydrogens (tertiary/aromatic N) is 2. The van der Waals surface area contributed by atoms with Gasteiger partial charge in [-0.2, -0.15) is 13.2 Å². The highest BCUT2D eigenvalue weighted by Gasteiger charge is 2.46. The van der Waals surface area contributed by atoms with Crippen molar-refractivity contribution in [3.05, 3.63) is 29.8 Å². The molecule has 2 aliphatic rings. The minimum absolute atomic E-state index is 0.138. The Kier molecular flexibility index (Phi) is 5.43. The first-order valence-corrected chi connectivity index (χ1v) is 9.53. The first-order chi connectivity index (χ1) is 12.6. The minimum Gasteiger partial charge on any atom is -0.371 e. The molecular formula is C20H28F3N3O. The van der Waals surface area contributed by atoms with Crippen molar-refractivity contribution in [2.75, 3.05) is 25.0 Å². The molecule has 1 aromatic carbocycles. The predicted molar refractivity (Wildman–Crippen MR) is 99.2 cm³/mol. The lowest BCUT2D eigenvalue weighted by Crippen LogP contribution is -2.52. The molecule has 1 aliphatic carbocycles. The summed E-state index contributed by atoms with van der Waals surface area (Å²) in [5.41, 5.74) is 5.84. The Labute approximate surface area is 158 Å². The van der Waals surface area contributed by atoms with Crippen molar-refractivity contribution < 1.29 is 18.0 Å². The van der Waals surface area contributed by atoms with Crippen molar-refractivity contribution in [3.63, 3.8) is 0 Å². The molecule has 0 aromatic heterocycles. The van der Waals surface area contributed by atoms with E-state index >= 15 is 0 Å². The van der Waals surface area contributed by atoms with Crippen molar-refractivity contribution in [2.45, 2.75) is 44.9 Å². The number of hydrogen-bond donors (Lipinski definition) is 1. The van der Waals surface area contributed by atoms with Crippen molar-refractivity contribution in [1.29, 1.82) is 0 Å². The van der Waals surface area contributed by atoms with Crippen LogP contribution >= 0.6 is 0 Å². The molecule has 2 fully saturated rings. The van der Waals surface area contributed by atoms with E-state index in [0.29, 0.717) is 11.8 Å². The monoisotopic (exact) mass is 383 g/mol. The molecule has 1 saturated heterocycles. The number of hydrogen-bond acceptors (Lipinski definition) is 3. The summed E-state index contributed by atoms with van der Waals surface area (Å²) in [5.74, 6) is 0.742. The maximum atomic E-state index is 12.8. The van der Waals surface area contributed by atoms with E-state index in [1.165, 1.54) is 0 Å². The Morgan fingerprint density at radius 1 is 1.19 bits per heavy atom. The summed E-state index contributed by atoms with van der Waals surface area (Å²) in [7, 11) is 1.98. The van der Waals surface area contributed by atoms with Gasteiger partial charge in [0.25, 0.3) is 0 Å². The number of carbonyl (C=O) groups excluding carboxylic acids is 1. The van der Waals surface area contributed by atoms with E-state index in [-0.39, 0.29) is 23.9 Å². The molecule has 1 aliphatic heterocycles. The van der Waals surface area contributed by atoms with Gasteiger partial charge in [0.15, 0.2) is 0 Å². The van der Waals surface area contributed by atoms with Crippen LogP contribution in [0.5, 0.6) is 0 Å². The van der Waals surface area contributed by atoms with Crippen molar-refractivity contribution in [2.24, 2.45) is 23.5 Å². The van der Waals surface area contributed by atoms with Crippen LogP contribution in [0.1, 0.15) is 32.3 Å². The highest BCUT2D eigenvalue weighted by molar-refractivity contribution is 5.80. The molecule has 1 heterocycles. The molecule has 1 amide bonds. The summed E-state index contributed by atoms with van der Waals surface area (Å²) in [6.45, 7) is 5.65. The summed E-state index contributed by atoms with van der Waals surface area (Å²) in [6.07, 6.45) is -2.21. The SMILES string of the molecule is CC(C)[C@@H](C(N)=O)N(C)[C@H]1CC[C@@H]2CN(c3ccc(C(F)(F)F)cc3)C[C@@H]21. The second-order valence-corrected chi connectivity index (χ2v) is 8.27. The molecule has 4 nitrogen and oxygen atoms in total. The average molecular weight is 383 g/mol. The van der Waals surface area contributed by atoms with Crippen LogP contribution < -0.4 is 10.6 Å². The molecule has 0 bridgehead atoms. The van der Waals surface area contributed by atoms with E-state index in [1.807, 2.05) is 20.9 Å². The Morgan fingerprint density at radius 2 is 1.81 bits per heavy atom. The van der Waals surface area contributed by atoms with Gasteiger partial charge in [-0.05, 0) is 61.9 Å². The number of amides is 1. The lowest BCUT2D eigenvalue weighted by molar-refractivity contribution is -0.137. The number of nitrogens with two attached hydrogens (primary N) is 1. The van der Waals surface area contributed by atoms with E-state index < -0.39 is 11.7 Å². The number of benzene rings is 1. The van der Waals surface area contributed by atoms with Crippen LogP contribution in [-0.4, -0.2) is 43.0 Å². The van der Waals surface area contributed by atoms with Gasteiger partial charge in [0, 0.05) is 24.8 Å². The molecule has 27 heavy (non-hydrogen) atoms. The second kappa shape index (κ2) is 7.34. The van der Waals surface area contributed by atoms with E-state index in [9.17, 15) is 18.0 Å².